The number of hydrogen-bond donors (Lipinski definition) is 2. The Morgan fingerprint density at radius 3 is 2.45 bits per heavy atom. The summed E-state index contributed by atoms with van der Waals surface area (Å²) in [5.41, 5.74) is 2.51. The third-order valence-electron chi connectivity index (χ3n) is 5.53. The molecule has 160 valence electrons. The largest absolute Gasteiger partial charge is 0.481 e. The third kappa shape index (κ3) is 4.25. The second-order valence-corrected chi connectivity index (χ2v) is 7.94. The molecule has 0 aromatic heterocycles. The van der Waals surface area contributed by atoms with Crippen LogP contribution in [0.1, 0.15) is 23.2 Å². The standard InChI is InChI=1S/C22H20ClN3O5/c23-15-4-1-13(2-5-15)14-3-6-17-16(11-14)22(31)26-10-9-25(12-18(26)21(30)24-17)19(27)7-8-20(28)29/h1-6,11,18H,7-10,12H2,(H,24,30)(H,28,29)/t18-/m0/s1. The van der Waals surface area contributed by atoms with Gasteiger partial charge in [0.2, 0.25) is 11.8 Å². The molecule has 2 aromatic rings. The van der Waals surface area contributed by atoms with Crippen LogP contribution < -0.4 is 5.32 Å². The van der Waals surface area contributed by atoms with Crippen molar-refractivity contribution in [3.63, 3.8) is 0 Å². The Morgan fingerprint density at radius 1 is 1.03 bits per heavy atom. The van der Waals surface area contributed by atoms with Gasteiger partial charge in [0.05, 0.1) is 24.2 Å². The number of anilines is 1. The number of carbonyl (C=O) groups is 4. The lowest BCUT2D eigenvalue weighted by atomic mass is 10.0. The highest BCUT2D eigenvalue weighted by Crippen LogP contribution is 2.30. The summed E-state index contributed by atoms with van der Waals surface area (Å²) in [5, 5.41) is 12.2. The van der Waals surface area contributed by atoms with E-state index in [0.29, 0.717) is 16.3 Å². The summed E-state index contributed by atoms with van der Waals surface area (Å²) in [4.78, 5) is 52.1. The van der Waals surface area contributed by atoms with Crippen LogP contribution in [-0.4, -0.2) is 64.3 Å². The van der Waals surface area contributed by atoms with Crippen LogP contribution in [-0.2, 0) is 14.4 Å². The van der Waals surface area contributed by atoms with Gasteiger partial charge in [-0.2, -0.15) is 0 Å². The Balaban J connectivity index is 1.58. The number of amides is 3. The van der Waals surface area contributed by atoms with Crippen LogP contribution in [0.5, 0.6) is 0 Å². The SMILES string of the molecule is O=C(O)CCC(=O)N1CCN2C(=O)c3cc(-c4ccc(Cl)cc4)ccc3NC(=O)[C@@H]2C1. The predicted molar refractivity (Wildman–Crippen MR) is 114 cm³/mol. The van der Waals surface area contributed by atoms with Gasteiger partial charge in [-0.15, -0.1) is 0 Å². The van der Waals surface area contributed by atoms with Gasteiger partial charge in [0.1, 0.15) is 6.04 Å². The number of piperazine rings is 1. The quantitative estimate of drug-likeness (QED) is 0.758. The van der Waals surface area contributed by atoms with Crippen molar-refractivity contribution in [2.24, 2.45) is 0 Å². The number of nitrogens with zero attached hydrogens (tertiary/aromatic N) is 2. The van der Waals surface area contributed by atoms with E-state index in [-0.39, 0.29) is 50.2 Å². The van der Waals surface area contributed by atoms with Crippen molar-refractivity contribution in [2.75, 3.05) is 25.0 Å². The first-order valence-corrected chi connectivity index (χ1v) is 10.2. The minimum absolute atomic E-state index is 0.0358. The lowest BCUT2D eigenvalue weighted by Gasteiger charge is -2.39. The molecule has 2 aliphatic rings. The maximum atomic E-state index is 13.3. The maximum absolute atomic E-state index is 13.3. The van der Waals surface area contributed by atoms with Crippen LogP contribution in [0.3, 0.4) is 0 Å². The van der Waals surface area contributed by atoms with Gasteiger partial charge in [-0.1, -0.05) is 29.8 Å². The number of hydrogen-bond acceptors (Lipinski definition) is 4. The molecule has 8 nitrogen and oxygen atoms in total. The van der Waals surface area contributed by atoms with Crippen LogP contribution in [0, 0.1) is 0 Å². The van der Waals surface area contributed by atoms with Crippen LogP contribution in [0.25, 0.3) is 11.1 Å². The molecule has 0 aliphatic carbocycles. The van der Waals surface area contributed by atoms with Gasteiger partial charge in [0, 0.05) is 24.5 Å². The number of fused-ring (bicyclic) bond motifs is 2. The summed E-state index contributed by atoms with van der Waals surface area (Å²) >= 11 is 5.96. The lowest BCUT2D eigenvalue weighted by molar-refractivity contribution is -0.142. The molecule has 2 aromatic carbocycles. The molecule has 0 spiro atoms. The molecule has 2 N–H and O–H groups in total. The Hall–Kier alpha value is -3.39. The minimum Gasteiger partial charge on any atom is -0.481 e. The van der Waals surface area contributed by atoms with Crippen molar-refractivity contribution in [3.8, 4) is 11.1 Å². The molecule has 9 heteroatoms. The topological polar surface area (TPSA) is 107 Å². The zero-order chi connectivity index (χ0) is 22.1. The van der Waals surface area contributed by atoms with E-state index in [1.54, 1.807) is 24.3 Å². The maximum Gasteiger partial charge on any atom is 0.303 e. The van der Waals surface area contributed by atoms with E-state index < -0.39 is 12.0 Å². The van der Waals surface area contributed by atoms with Crippen molar-refractivity contribution in [1.29, 1.82) is 0 Å². The summed E-state index contributed by atoms with van der Waals surface area (Å²) in [6.45, 7) is 0.481. The molecule has 1 fully saturated rings. The highest BCUT2D eigenvalue weighted by atomic mass is 35.5. The first-order valence-electron chi connectivity index (χ1n) is 9.85. The minimum atomic E-state index is -1.05. The number of nitrogens with one attached hydrogen (secondary N) is 1. The van der Waals surface area contributed by atoms with Crippen molar-refractivity contribution in [2.45, 2.75) is 18.9 Å². The summed E-state index contributed by atoms with van der Waals surface area (Å²) in [5.74, 6) is -2.05. The predicted octanol–water partition coefficient (Wildman–Crippen LogP) is 2.48. The van der Waals surface area contributed by atoms with Crippen molar-refractivity contribution >= 4 is 41.0 Å². The number of carboxylic acid groups (broad SMARTS) is 1. The highest BCUT2D eigenvalue weighted by molar-refractivity contribution is 6.30. The van der Waals surface area contributed by atoms with Crippen LogP contribution in [0.4, 0.5) is 5.69 Å². The molecular formula is C22H20ClN3O5. The summed E-state index contributed by atoms with van der Waals surface area (Å²) in [6.07, 6.45) is -0.407. The fraction of sp³-hybridized carbons (Fsp3) is 0.273. The fourth-order valence-corrected chi connectivity index (χ4v) is 4.00. The van der Waals surface area contributed by atoms with Gasteiger partial charge in [-0.25, -0.2) is 0 Å². The van der Waals surface area contributed by atoms with E-state index in [1.165, 1.54) is 9.80 Å². The molecule has 0 saturated carbocycles. The van der Waals surface area contributed by atoms with Gasteiger partial charge < -0.3 is 20.2 Å². The molecule has 1 saturated heterocycles. The zero-order valence-corrected chi connectivity index (χ0v) is 17.3. The van der Waals surface area contributed by atoms with Crippen molar-refractivity contribution < 1.29 is 24.3 Å². The molecule has 0 unspecified atom stereocenters. The van der Waals surface area contributed by atoms with E-state index in [0.717, 1.165) is 11.1 Å². The number of carbonyl (C=O) groups excluding carboxylic acids is 3. The van der Waals surface area contributed by atoms with Gasteiger partial charge in [-0.3, -0.25) is 19.2 Å². The van der Waals surface area contributed by atoms with Crippen LogP contribution >= 0.6 is 11.6 Å². The van der Waals surface area contributed by atoms with E-state index >= 15 is 0 Å². The average Bonchev–Trinajstić information content (AvgIpc) is 2.86. The second kappa shape index (κ2) is 8.39. The Kier molecular flexibility index (Phi) is 5.65. The van der Waals surface area contributed by atoms with Gasteiger partial charge in [0.15, 0.2) is 0 Å². The van der Waals surface area contributed by atoms with Crippen LogP contribution in [0.15, 0.2) is 42.5 Å². The lowest BCUT2D eigenvalue weighted by Crippen LogP contribution is -2.59. The Bertz CT molecular complexity index is 1070. The summed E-state index contributed by atoms with van der Waals surface area (Å²) in [6, 6.07) is 11.7. The smallest absolute Gasteiger partial charge is 0.303 e. The van der Waals surface area contributed by atoms with Gasteiger partial charge >= 0.3 is 5.97 Å². The molecule has 3 amide bonds. The van der Waals surface area contributed by atoms with Crippen LogP contribution in [0.2, 0.25) is 5.02 Å². The van der Waals surface area contributed by atoms with E-state index in [2.05, 4.69) is 5.32 Å². The summed E-state index contributed by atoms with van der Waals surface area (Å²) in [7, 11) is 0. The average molecular weight is 442 g/mol. The molecular weight excluding hydrogens is 422 g/mol. The number of rotatable bonds is 4. The van der Waals surface area contributed by atoms with Gasteiger partial charge in [-0.05, 0) is 35.4 Å². The summed E-state index contributed by atoms with van der Waals surface area (Å²) < 4.78 is 0. The van der Waals surface area contributed by atoms with Crippen molar-refractivity contribution in [3.05, 3.63) is 53.1 Å². The Morgan fingerprint density at radius 2 is 1.74 bits per heavy atom. The monoisotopic (exact) mass is 441 g/mol. The molecule has 4 rings (SSSR count). The number of benzene rings is 2. The normalized spacial score (nSPS) is 18.0. The number of halogens is 1. The number of aliphatic carboxylic acids is 1. The second-order valence-electron chi connectivity index (χ2n) is 7.50. The Labute approximate surface area is 183 Å². The molecule has 0 radical (unpaired) electrons. The number of carboxylic acids is 1. The molecule has 1 atom stereocenters. The van der Waals surface area contributed by atoms with E-state index in [1.807, 2.05) is 18.2 Å². The molecule has 2 aliphatic heterocycles. The molecule has 0 bridgehead atoms. The van der Waals surface area contributed by atoms with Crippen molar-refractivity contribution in [1.82, 2.24) is 9.80 Å². The van der Waals surface area contributed by atoms with E-state index in [4.69, 9.17) is 16.7 Å². The van der Waals surface area contributed by atoms with Gasteiger partial charge in [0.25, 0.3) is 5.91 Å². The fourth-order valence-electron chi connectivity index (χ4n) is 3.87. The first kappa shape index (κ1) is 20.9. The third-order valence-corrected chi connectivity index (χ3v) is 5.79. The highest BCUT2D eigenvalue weighted by Gasteiger charge is 2.40. The van der Waals surface area contributed by atoms with E-state index in [9.17, 15) is 19.2 Å². The molecule has 2 heterocycles. The zero-order valence-electron chi connectivity index (χ0n) is 16.5. The first-order chi connectivity index (χ1) is 14.8. The molecule has 31 heavy (non-hydrogen) atoms.